The summed E-state index contributed by atoms with van der Waals surface area (Å²) in [6.45, 7) is 3.80. The van der Waals surface area contributed by atoms with Crippen molar-refractivity contribution in [3.8, 4) is 17.6 Å². The molecule has 0 aliphatic rings. The van der Waals surface area contributed by atoms with Crippen LogP contribution in [0.4, 0.5) is 5.69 Å². The van der Waals surface area contributed by atoms with Crippen LogP contribution in [-0.4, -0.2) is 30.1 Å². The molecule has 0 atom stereocenters. The van der Waals surface area contributed by atoms with E-state index in [1.165, 1.54) is 42.5 Å². The number of rotatable bonds is 9. The number of nitriles is 1. The fourth-order valence-electron chi connectivity index (χ4n) is 2.53. The van der Waals surface area contributed by atoms with Crippen molar-refractivity contribution >= 4 is 29.8 Å². The van der Waals surface area contributed by atoms with Crippen molar-refractivity contribution in [3.05, 3.63) is 75.4 Å². The molecule has 0 aromatic heterocycles. The van der Waals surface area contributed by atoms with Crippen LogP contribution in [-0.2, 0) is 14.3 Å². The van der Waals surface area contributed by atoms with Gasteiger partial charge in [0.1, 0.15) is 11.6 Å². The van der Waals surface area contributed by atoms with Crippen molar-refractivity contribution in [3.63, 3.8) is 0 Å². The third kappa shape index (κ3) is 6.81. The van der Waals surface area contributed by atoms with Crippen molar-refractivity contribution < 1.29 is 28.7 Å². The van der Waals surface area contributed by atoms with Crippen LogP contribution in [0.2, 0.25) is 0 Å². The maximum Gasteiger partial charge on any atom is 0.348 e. The number of ether oxygens (including phenoxy) is 3. The molecule has 2 aromatic rings. The van der Waals surface area contributed by atoms with Crippen molar-refractivity contribution in [2.75, 3.05) is 13.2 Å². The summed E-state index contributed by atoms with van der Waals surface area (Å²) in [4.78, 5) is 34.3. The Labute approximate surface area is 184 Å². The highest BCUT2D eigenvalue weighted by molar-refractivity contribution is 5.98. The molecule has 0 bridgehead atoms. The third-order valence-electron chi connectivity index (χ3n) is 3.90. The molecule has 0 aliphatic carbocycles. The monoisotopic (exact) mass is 436 g/mol. The van der Waals surface area contributed by atoms with Gasteiger partial charge in [-0.1, -0.05) is 18.2 Å². The average Bonchev–Trinajstić information content (AvgIpc) is 2.78. The number of hydrogen-bond acceptors (Lipinski definition) is 8. The highest BCUT2D eigenvalue weighted by atomic mass is 16.6. The zero-order valence-corrected chi connectivity index (χ0v) is 17.4. The molecule has 0 aliphatic heterocycles. The van der Waals surface area contributed by atoms with Gasteiger partial charge in [0.15, 0.2) is 11.5 Å². The molecule has 0 fully saturated rings. The molecule has 0 saturated heterocycles. The molecule has 32 heavy (non-hydrogen) atoms. The second-order valence-electron chi connectivity index (χ2n) is 6.14. The van der Waals surface area contributed by atoms with Gasteiger partial charge in [0.2, 0.25) is 0 Å². The Bertz CT molecular complexity index is 1110. The molecule has 164 valence electrons. The first-order valence-electron chi connectivity index (χ1n) is 9.58. The van der Waals surface area contributed by atoms with E-state index in [-0.39, 0.29) is 36.0 Å². The van der Waals surface area contributed by atoms with Gasteiger partial charge in [-0.15, -0.1) is 0 Å². The highest BCUT2D eigenvalue weighted by Crippen LogP contribution is 2.30. The fourth-order valence-corrected chi connectivity index (χ4v) is 2.53. The number of esters is 2. The fraction of sp³-hybridized carbons (Fsp3) is 0.174. The van der Waals surface area contributed by atoms with E-state index in [1.54, 1.807) is 32.0 Å². The summed E-state index contributed by atoms with van der Waals surface area (Å²) in [5, 5.41) is 20.0. The first kappa shape index (κ1) is 23.8. The van der Waals surface area contributed by atoms with E-state index >= 15 is 0 Å². The number of nitro groups is 1. The molecule has 0 amide bonds. The summed E-state index contributed by atoms with van der Waals surface area (Å²) in [6, 6.07) is 12.1. The standard InChI is InChI=1S/C23H20N2O7/c1-3-30-21-14-17(12-18(15-24)23(27)31-4-2)8-10-20(21)32-22(26)11-9-16-6-5-7-19(13-16)25(28)29/h5-14H,3-4H2,1-2H3. The number of carbonyl (C=O) groups excluding carboxylic acids is 2. The summed E-state index contributed by atoms with van der Waals surface area (Å²) in [5.74, 6) is -1.09. The Morgan fingerprint density at radius 3 is 2.53 bits per heavy atom. The molecule has 0 spiro atoms. The van der Waals surface area contributed by atoms with E-state index < -0.39 is 16.9 Å². The van der Waals surface area contributed by atoms with Gasteiger partial charge in [-0.05, 0) is 49.3 Å². The van der Waals surface area contributed by atoms with Gasteiger partial charge in [0, 0.05) is 18.2 Å². The van der Waals surface area contributed by atoms with Crippen LogP contribution in [0.15, 0.2) is 54.1 Å². The first-order chi connectivity index (χ1) is 15.4. The molecular formula is C23H20N2O7. The number of benzene rings is 2. The summed E-state index contributed by atoms with van der Waals surface area (Å²) in [5.41, 5.74) is 0.663. The van der Waals surface area contributed by atoms with Gasteiger partial charge in [0.25, 0.3) is 5.69 Å². The summed E-state index contributed by atoms with van der Waals surface area (Å²) < 4.78 is 15.6. The lowest BCUT2D eigenvalue weighted by Crippen LogP contribution is -2.07. The summed E-state index contributed by atoms with van der Waals surface area (Å²) in [7, 11) is 0. The van der Waals surface area contributed by atoms with Crippen molar-refractivity contribution in [2.24, 2.45) is 0 Å². The van der Waals surface area contributed by atoms with E-state index in [0.29, 0.717) is 11.1 Å². The van der Waals surface area contributed by atoms with Crippen molar-refractivity contribution in [2.45, 2.75) is 13.8 Å². The predicted molar refractivity (Wildman–Crippen MR) is 116 cm³/mol. The molecule has 2 rings (SSSR count). The second-order valence-corrected chi connectivity index (χ2v) is 6.14. The molecule has 9 heteroatoms. The SMILES string of the molecule is CCOC(=O)C(C#N)=Cc1ccc(OC(=O)C=Cc2cccc([N+](=O)[O-])c2)c(OCC)c1. The maximum atomic E-state index is 12.2. The minimum absolute atomic E-state index is 0.0950. The number of carbonyl (C=O) groups is 2. The Hall–Kier alpha value is -4.45. The molecule has 9 nitrogen and oxygen atoms in total. The van der Waals surface area contributed by atoms with Crippen LogP contribution in [0.3, 0.4) is 0 Å². The summed E-state index contributed by atoms with van der Waals surface area (Å²) in [6.07, 6.45) is 3.87. The first-order valence-corrected chi connectivity index (χ1v) is 9.58. The summed E-state index contributed by atoms with van der Waals surface area (Å²) >= 11 is 0. The van der Waals surface area contributed by atoms with Crippen LogP contribution >= 0.6 is 0 Å². The molecular weight excluding hydrogens is 416 g/mol. The Morgan fingerprint density at radius 2 is 1.88 bits per heavy atom. The van der Waals surface area contributed by atoms with Gasteiger partial charge in [-0.3, -0.25) is 10.1 Å². The minimum Gasteiger partial charge on any atom is -0.490 e. The lowest BCUT2D eigenvalue weighted by molar-refractivity contribution is -0.384. The molecule has 0 radical (unpaired) electrons. The van der Waals surface area contributed by atoms with Crippen molar-refractivity contribution in [1.82, 2.24) is 0 Å². The van der Waals surface area contributed by atoms with Crippen LogP contribution < -0.4 is 9.47 Å². The lowest BCUT2D eigenvalue weighted by Gasteiger charge is -2.10. The molecule has 0 N–H and O–H groups in total. The molecule has 0 unspecified atom stereocenters. The van der Waals surface area contributed by atoms with Crippen LogP contribution in [0, 0.1) is 21.4 Å². The van der Waals surface area contributed by atoms with E-state index in [1.807, 2.05) is 0 Å². The zero-order valence-electron chi connectivity index (χ0n) is 17.4. The minimum atomic E-state index is -0.741. The predicted octanol–water partition coefficient (Wildman–Crippen LogP) is 4.08. The molecule has 0 heterocycles. The third-order valence-corrected chi connectivity index (χ3v) is 3.90. The topological polar surface area (TPSA) is 129 Å². The van der Waals surface area contributed by atoms with E-state index in [2.05, 4.69) is 0 Å². The van der Waals surface area contributed by atoms with Gasteiger partial charge in [-0.2, -0.15) is 5.26 Å². The smallest absolute Gasteiger partial charge is 0.348 e. The number of nitrogens with zero attached hydrogens (tertiary/aromatic N) is 2. The Morgan fingerprint density at radius 1 is 1.09 bits per heavy atom. The van der Waals surface area contributed by atoms with Crippen LogP contribution in [0.5, 0.6) is 11.5 Å². The average molecular weight is 436 g/mol. The maximum absolute atomic E-state index is 12.2. The Kier molecular flexibility index (Phi) is 8.68. The van der Waals surface area contributed by atoms with Gasteiger partial charge in [-0.25, -0.2) is 9.59 Å². The highest BCUT2D eigenvalue weighted by Gasteiger charge is 2.13. The Balaban J connectivity index is 2.21. The van der Waals surface area contributed by atoms with Crippen molar-refractivity contribution in [1.29, 1.82) is 5.26 Å². The lowest BCUT2D eigenvalue weighted by atomic mass is 10.1. The number of non-ortho nitro benzene ring substituents is 1. The normalized spacial score (nSPS) is 11.0. The second kappa shape index (κ2) is 11.7. The number of nitro benzene ring substituents is 1. The largest absolute Gasteiger partial charge is 0.490 e. The van der Waals surface area contributed by atoms with E-state index in [9.17, 15) is 19.7 Å². The quantitative estimate of drug-likeness (QED) is 0.144. The number of hydrogen-bond donors (Lipinski definition) is 0. The molecule has 2 aromatic carbocycles. The van der Waals surface area contributed by atoms with E-state index in [4.69, 9.17) is 19.5 Å². The molecule has 0 saturated carbocycles. The van der Waals surface area contributed by atoms with E-state index in [0.717, 1.165) is 6.08 Å². The van der Waals surface area contributed by atoms with Crippen LogP contribution in [0.1, 0.15) is 25.0 Å². The van der Waals surface area contributed by atoms with Gasteiger partial charge in [0.05, 0.1) is 18.1 Å². The zero-order chi connectivity index (χ0) is 23.5. The van der Waals surface area contributed by atoms with Gasteiger partial charge >= 0.3 is 11.9 Å². The van der Waals surface area contributed by atoms with Crippen LogP contribution in [0.25, 0.3) is 12.2 Å². The van der Waals surface area contributed by atoms with Gasteiger partial charge < -0.3 is 14.2 Å².